The first-order valence-corrected chi connectivity index (χ1v) is 7.29. The van der Waals surface area contributed by atoms with Crippen molar-refractivity contribution in [3.05, 3.63) is 42.4 Å². The van der Waals surface area contributed by atoms with E-state index in [4.69, 9.17) is 5.11 Å². The van der Waals surface area contributed by atoms with E-state index in [-0.39, 0.29) is 16.3 Å². The van der Waals surface area contributed by atoms with Crippen LogP contribution in [0, 0.1) is 0 Å². The molecule has 2 rings (SSSR count). The maximum Gasteiger partial charge on any atom is 0.337 e. The summed E-state index contributed by atoms with van der Waals surface area (Å²) in [6, 6.07) is 5.78. The van der Waals surface area contributed by atoms with Crippen LogP contribution in [0.5, 0.6) is 0 Å². The molecule has 20 heavy (non-hydrogen) atoms. The number of aromatic carboxylic acids is 1. The molecule has 7 nitrogen and oxygen atoms in total. The second-order valence-corrected chi connectivity index (χ2v) is 5.63. The van der Waals surface area contributed by atoms with Crippen molar-refractivity contribution in [1.82, 2.24) is 9.55 Å². The molecule has 8 heteroatoms. The van der Waals surface area contributed by atoms with Gasteiger partial charge in [0.05, 0.1) is 17.6 Å². The molecule has 0 aliphatic heterocycles. The van der Waals surface area contributed by atoms with Gasteiger partial charge in [-0.3, -0.25) is 4.72 Å². The SMILES string of the molecule is CCn1cnc(S(=O)(=O)Nc2ccccc2C(=O)O)c1. The van der Waals surface area contributed by atoms with E-state index in [1.54, 1.807) is 10.6 Å². The number of anilines is 1. The molecule has 0 atom stereocenters. The number of nitrogens with zero attached hydrogens (tertiary/aromatic N) is 2. The minimum Gasteiger partial charge on any atom is -0.478 e. The van der Waals surface area contributed by atoms with Gasteiger partial charge in [-0.2, -0.15) is 8.42 Å². The molecule has 1 heterocycles. The summed E-state index contributed by atoms with van der Waals surface area (Å²) in [5.41, 5.74) is -0.114. The van der Waals surface area contributed by atoms with Crippen LogP contribution in [0.2, 0.25) is 0 Å². The van der Waals surface area contributed by atoms with E-state index in [2.05, 4.69) is 9.71 Å². The van der Waals surface area contributed by atoms with Crippen molar-refractivity contribution in [2.24, 2.45) is 0 Å². The molecule has 0 saturated heterocycles. The van der Waals surface area contributed by atoms with Crippen LogP contribution in [0.15, 0.2) is 41.8 Å². The van der Waals surface area contributed by atoms with Crippen molar-refractivity contribution in [3.63, 3.8) is 0 Å². The smallest absolute Gasteiger partial charge is 0.337 e. The Balaban J connectivity index is 2.36. The first-order valence-electron chi connectivity index (χ1n) is 5.81. The molecule has 0 bridgehead atoms. The molecular formula is C12H13N3O4S. The number of aryl methyl sites for hydroxylation is 1. The first kappa shape index (κ1) is 14.1. The van der Waals surface area contributed by atoms with Gasteiger partial charge in [-0.25, -0.2) is 9.78 Å². The lowest BCUT2D eigenvalue weighted by atomic mass is 10.2. The molecular weight excluding hydrogens is 282 g/mol. The quantitative estimate of drug-likeness (QED) is 0.868. The lowest BCUT2D eigenvalue weighted by Crippen LogP contribution is -2.15. The van der Waals surface area contributed by atoms with E-state index < -0.39 is 16.0 Å². The number of aromatic nitrogens is 2. The number of hydrogen-bond donors (Lipinski definition) is 2. The highest BCUT2D eigenvalue weighted by atomic mass is 32.2. The number of nitrogens with one attached hydrogen (secondary N) is 1. The molecule has 0 fully saturated rings. The van der Waals surface area contributed by atoms with E-state index in [9.17, 15) is 13.2 Å². The van der Waals surface area contributed by atoms with Crippen molar-refractivity contribution in [3.8, 4) is 0 Å². The predicted octanol–water partition coefficient (Wildman–Crippen LogP) is 1.40. The molecule has 1 aromatic carbocycles. The number of para-hydroxylation sites is 1. The lowest BCUT2D eigenvalue weighted by molar-refractivity contribution is 0.0698. The van der Waals surface area contributed by atoms with Gasteiger partial charge in [0.25, 0.3) is 10.0 Å². The third-order valence-corrected chi connectivity index (χ3v) is 3.90. The van der Waals surface area contributed by atoms with Crippen LogP contribution in [0.1, 0.15) is 17.3 Å². The van der Waals surface area contributed by atoms with E-state index in [1.165, 1.54) is 30.7 Å². The van der Waals surface area contributed by atoms with Gasteiger partial charge in [-0.1, -0.05) is 12.1 Å². The molecule has 0 unspecified atom stereocenters. The van der Waals surface area contributed by atoms with Gasteiger partial charge in [-0.15, -0.1) is 0 Å². The van der Waals surface area contributed by atoms with Gasteiger partial charge >= 0.3 is 5.97 Å². The molecule has 1 aromatic heterocycles. The highest BCUT2D eigenvalue weighted by Crippen LogP contribution is 2.19. The van der Waals surface area contributed by atoms with Gasteiger partial charge < -0.3 is 9.67 Å². The highest BCUT2D eigenvalue weighted by molar-refractivity contribution is 7.92. The summed E-state index contributed by atoms with van der Waals surface area (Å²) in [4.78, 5) is 14.8. The van der Waals surface area contributed by atoms with E-state index >= 15 is 0 Å². The summed E-state index contributed by atoms with van der Waals surface area (Å²) >= 11 is 0. The summed E-state index contributed by atoms with van der Waals surface area (Å²) in [6.07, 6.45) is 2.78. The van der Waals surface area contributed by atoms with Crippen molar-refractivity contribution in [2.75, 3.05) is 4.72 Å². The number of rotatable bonds is 5. The fourth-order valence-corrected chi connectivity index (χ4v) is 2.64. The topological polar surface area (TPSA) is 101 Å². The van der Waals surface area contributed by atoms with Crippen molar-refractivity contribution >= 4 is 21.7 Å². The summed E-state index contributed by atoms with van der Waals surface area (Å²) in [6.45, 7) is 2.44. The fraction of sp³-hybridized carbons (Fsp3) is 0.167. The predicted molar refractivity (Wildman–Crippen MR) is 72.1 cm³/mol. The zero-order valence-electron chi connectivity index (χ0n) is 10.6. The summed E-state index contributed by atoms with van der Waals surface area (Å²) in [5, 5.41) is 8.87. The van der Waals surface area contributed by atoms with Crippen LogP contribution < -0.4 is 4.72 Å². The van der Waals surface area contributed by atoms with Crippen LogP contribution in [-0.2, 0) is 16.6 Å². The molecule has 2 N–H and O–H groups in total. The molecule has 2 aromatic rings. The Morgan fingerprint density at radius 1 is 1.40 bits per heavy atom. The maximum absolute atomic E-state index is 12.1. The fourth-order valence-electron chi connectivity index (χ4n) is 1.61. The Kier molecular flexibility index (Phi) is 3.75. The van der Waals surface area contributed by atoms with Gasteiger partial charge in [0.2, 0.25) is 0 Å². The number of sulfonamides is 1. The van der Waals surface area contributed by atoms with Crippen LogP contribution in [-0.4, -0.2) is 29.0 Å². The average molecular weight is 295 g/mol. The third-order valence-electron chi connectivity index (χ3n) is 2.65. The third kappa shape index (κ3) is 2.80. The molecule has 0 saturated carbocycles. The summed E-state index contributed by atoms with van der Waals surface area (Å²) in [7, 11) is -3.90. The molecule has 0 aliphatic carbocycles. The standard InChI is InChI=1S/C12H13N3O4S/c1-2-15-7-11(13-8-15)20(18,19)14-10-6-4-3-5-9(10)12(16)17/h3-8,14H,2H2,1H3,(H,16,17). The van der Waals surface area contributed by atoms with Crippen LogP contribution in [0.3, 0.4) is 0 Å². The number of benzene rings is 1. The maximum atomic E-state index is 12.1. The first-order chi connectivity index (χ1) is 9.44. The van der Waals surface area contributed by atoms with Crippen LogP contribution >= 0.6 is 0 Å². The highest BCUT2D eigenvalue weighted by Gasteiger charge is 2.20. The Bertz CT molecular complexity index is 737. The Hall–Kier alpha value is -2.35. The zero-order valence-corrected chi connectivity index (χ0v) is 11.5. The second-order valence-electron chi connectivity index (χ2n) is 4.00. The summed E-state index contributed by atoms with van der Waals surface area (Å²) < 4.78 is 28.1. The van der Waals surface area contributed by atoms with Gasteiger partial charge in [0.15, 0.2) is 5.03 Å². The van der Waals surface area contributed by atoms with Crippen LogP contribution in [0.4, 0.5) is 5.69 Å². The molecule has 0 amide bonds. The van der Waals surface area contributed by atoms with Crippen LogP contribution in [0.25, 0.3) is 0 Å². The number of imidazole rings is 1. The second kappa shape index (κ2) is 5.33. The largest absolute Gasteiger partial charge is 0.478 e. The van der Waals surface area contributed by atoms with E-state index in [0.717, 1.165) is 0 Å². The van der Waals surface area contributed by atoms with Crippen molar-refractivity contribution in [2.45, 2.75) is 18.5 Å². The minimum absolute atomic E-state index is 0.00560. The number of carboxylic acid groups (broad SMARTS) is 1. The summed E-state index contributed by atoms with van der Waals surface area (Å²) in [5.74, 6) is -1.21. The Labute approximate surface area is 115 Å². The molecule has 0 spiro atoms. The van der Waals surface area contributed by atoms with Gasteiger partial charge in [-0.05, 0) is 19.1 Å². The lowest BCUT2D eigenvalue weighted by Gasteiger charge is -2.08. The molecule has 0 aliphatic rings. The monoisotopic (exact) mass is 295 g/mol. The normalized spacial score (nSPS) is 11.2. The molecule has 106 valence electrons. The Morgan fingerprint density at radius 3 is 2.70 bits per heavy atom. The van der Waals surface area contributed by atoms with Gasteiger partial charge in [0, 0.05) is 12.7 Å². The Morgan fingerprint density at radius 2 is 2.10 bits per heavy atom. The van der Waals surface area contributed by atoms with Gasteiger partial charge in [0.1, 0.15) is 0 Å². The molecule has 0 radical (unpaired) electrons. The minimum atomic E-state index is -3.90. The van der Waals surface area contributed by atoms with Crippen molar-refractivity contribution < 1.29 is 18.3 Å². The zero-order chi connectivity index (χ0) is 14.8. The number of carbonyl (C=O) groups is 1. The number of carboxylic acids is 1. The van der Waals surface area contributed by atoms with E-state index in [0.29, 0.717) is 6.54 Å². The number of hydrogen-bond acceptors (Lipinski definition) is 4. The van der Waals surface area contributed by atoms with Crippen molar-refractivity contribution in [1.29, 1.82) is 0 Å². The average Bonchev–Trinajstić information content (AvgIpc) is 2.88. The van der Waals surface area contributed by atoms with E-state index in [1.807, 2.05) is 6.92 Å².